The number of amides is 1. The maximum absolute atomic E-state index is 12.4. The Bertz CT molecular complexity index is 808. The Morgan fingerprint density at radius 3 is 2.41 bits per heavy atom. The van der Waals surface area contributed by atoms with Crippen molar-refractivity contribution < 1.29 is 4.79 Å². The van der Waals surface area contributed by atoms with E-state index >= 15 is 0 Å². The maximum atomic E-state index is 12.4. The maximum Gasteiger partial charge on any atom is 0.223 e. The van der Waals surface area contributed by atoms with Gasteiger partial charge in [-0.2, -0.15) is 11.8 Å². The van der Waals surface area contributed by atoms with Crippen LogP contribution in [-0.4, -0.2) is 36.2 Å². The quantitative estimate of drug-likeness (QED) is 0.486. The third kappa shape index (κ3) is 7.37. The van der Waals surface area contributed by atoms with Crippen LogP contribution in [0.15, 0.2) is 42.5 Å². The molecule has 2 aromatic carbocycles. The zero-order chi connectivity index (χ0) is 20.6. The molecule has 1 amide bonds. The van der Waals surface area contributed by atoms with Gasteiger partial charge in [0.05, 0.1) is 0 Å². The van der Waals surface area contributed by atoms with Crippen molar-refractivity contribution in [3.63, 3.8) is 0 Å². The number of hydrogen-bond acceptors (Lipinski definition) is 3. The Morgan fingerprint density at radius 2 is 1.72 bits per heavy atom. The summed E-state index contributed by atoms with van der Waals surface area (Å²) in [6, 6.07) is 13.6. The summed E-state index contributed by atoms with van der Waals surface area (Å²) in [7, 11) is 0. The molecule has 1 aliphatic rings. The molecule has 1 fully saturated rings. The molecule has 0 radical (unpaired) electrons. The molecule has 156 valence electrons. The van der Waals surface area contributed by atoms with Gasteiger partial charge in [-0.05, 0) is 61.3 Å². The van der Waals surface area contributed by atoms with Crippen molar-refractivity contribution in [2.75, 3.05) is 25.4 Å². The number of thioether (sulfide) groups is 1. The van der Waals surface area contributed by atoms with Crippen LogP contribution >= 0.6 is 46.6 Å². The van der Waals surface area contributed by atoms with E-state index in [1.165, 1.54) is 5.56 Å². The van der Waals surface area contributed by atoms with Gasteiger partial charge in [0.2, 0.25) is 5.91 Å². The normalized spacial score (nSPS) is 15.4. The van der Waals surface area contributed by atoms with Crippen LogP contribution < -0.4 is 5.32 Å². The molecule has 0 atom stereocenters. The lowest BCUT2D eigenvalue weighted by Gasteiger charge is -2.31. The van der Waals surface area contributed by atoms with Crippen LogP contribution in [0.4, 0.5) is 0 Å². The lowest BCUT2D eigenvalue weighted by molar-refractivity contribution is -0.126. The molecule has 0 spiro atoms. The van der Waals surface area contributed by atoms with Crippen LogP contribution in [0.25, 0.3) is 0 Å². The molecule has 1 heterocycles. The van der Waals surface area contributed by atoms with Gasteiger partial charge in [-0.25, -0.2) is 0 Å². The number of halogens is 3. The minimum atomic E-state index is 0.118. The molecule has 0 saturated carbocycles. The molecule has 3 rings (SSSR count). The van der Waals surface area contributed by atoms with Gasteiger partial charge in [0.1, 0.15) is 0 Å². The summed E-state index contributed by atoms with van der Waals surface area (Å²) < 4.78 is 0. The van der Waals surface area contributed by atoms with Crippen LogP contribution in [0, 0.1) is 5.92 Å². The number of hydrogen-bond donors (Lipinski definition) is 1. The molecular formula is C22H25Cl3N2OS. The first-order valence-corrected chi connectivity index (χ1v) is 12.1. The van der Waals surface area contributed by atoms with E-state index in [9.17, 15) is 4.79 Å². The third-order valence-corrected chi connectivity index (χ3v) is 6.94. The summed E-state index contributed by atoms with van der Waals surface area (Å²) >= 11 is 19.8. The van der Waals surface area contributed by atoms with E-state index in [1.54, 1.807) is 17.8 Å². The zero-order valence-electron chi connectivity index (χ0n) is 16.2. The smallest absolute Gasteiger partial charge is 0.223 e. The molecule has 0 aromatic heterocycles. The minimum Gasteiger partial charge on any atom is -0.355 e. The molecular weight excluding hydrogens is 447 g/mol. The van der Waals surface area contributed by atoms with Crippen LogP contribution in [0.1, 0.15) is 24.0 Å². The van der Waals surface area contributed by atoms with Gasteiger partial charge in [0, 0.05) is 45.6 Å². The van der Waals surface area contributed by atoms with E-state index in [0.717, 1.165) is 54.6 Å². The van der Waals surface area contributed by atoms with Crippen molar-refractivity contribution in [3.8, 4) is 0 Å². The summed E-state index contributed by atoms with van der Waals surface area (Å²) in [6.07, 6.45) is 1.82. The predicted octanol–water partition coefficient (Wildman–Crippen LogP) is 5.91. The van der Waals surface area contributed by atoms with E-state index in [1.807, 2.05) is 24.3 Å². The van der Waals surface area contributed by atoms with Gasteiger partial charge in [0.25, 0.3) is 0 Å². The number of carbonyl (C=O) groups is 1. The molecule has 2 aromatic rings. The highest BCUT2D eigenvalue weighted by atomic mass is 35.5. The minimum absolute atomic E-state index is 0.118. The average molecular weight is 472 g/mol. The number of nitrogens with one attached hydrogen (secondary N) is 1. The molecule has 0 aliphatic carbocycles. The molecule has 0 bridgehead atoms. The topological polar surface area (TPSA) is 32.3 Å². The second kappa shape index (κ2) is 11.5. The first-order chi connectivity index (χ1) is 14.0. The van der Waals surface area contributed by atoms with E-state index in [0.29, 0.717) is 16.6 Å². The summed E-state index contributed by atoms with van der Waals surface area (Å²) in [5.41, 5.74) is 2.33. The van der Waals surface area contributed by atoms with Gasteiger partial charge in [-0.1, -0.05) is 53.0 Å². The van der Waals surface area contributed by atoms with Crippen molar-refractivity contribution in [2.45, 2.75) is 25.1 Å². The monoisotopic (exact) mass is 470 g/mol. The van der Waals surface area contributed by atoms with Crippen LogP contribution in [0.2, 0.25) is 15.1 Å². The first kappa shape index (κ1) is 22.8. The van der Waals surface area contributed by atoms with Gasteiger partial charge < -0.3 is 5.32 Å². The SMILES string of the molecule is O=C(NCCSCc1ccc(Cl)cc1Cl)C1CCN(Cc2ccc(Cl)cc2)CC1. The molecule has 1 aliphatic heterocycles. The Morgan fingerprint density at radius 1 is 1.03 bits per heavy atom. The fourth-order valence-corrected chi connectivity index (χ4v) is 4.96. The summed E-state index contributed by atoms with van der Waals surface area (Å²) in [6.45, 7) is 3.49. The molecule has 0 unspecified atom stereocenters. The second-order valence-electron chi connectivity index (χ2n) is 7.26. The molecule has 1 saturated heterocycles. The number of rotatable bonds is 8. The van der Waals surface area contributed by atoms with Crippen molar-refractivity contribution >= 4 is 52.5 Å². The summed E-state index contributed by atoms with van der Waals surface area (Å²) in [5, 5.41) is 5.19. The fraction of sp³-hybridized carbons (Fsp3) is 0.409. The number of likely N-dealkylation sites (tertiary alicyclic amines) is 1. The van der Waals surface area contributed by atoms with Gasteiger partial charge in [-0.15, -0.1) is 0 Å². The van der Waals surface area contributed by atoms with Gasteiger partial charge in [-0.3, -0.25) is 9.69 Å². The summed E-state index contributed by atoms with van der Waals surface area (Å²) in [4.78, 5) is 14.8. The standard InChI is InChI=1S/C22H25Cl3N2OS/c23-19-4-1-16(2-5-19)14-27-10-7-17(8-11-27)22(28)26-9-12-29-15-18-3-6-20(24)13-21(18)25/h1-6,13,17H,7-12,14-15H2,(H,26,28). The largest absolute Gasteiger partial charge is 0.355 e. The predicted molar refractivity (Wildman–Crippen MR) is 125 cm³/mol. The molecule has 7 heteroatoms. The van der Waals surface area contributed by atoms with Gasteiger partial charge >= 0.3 is 0 Å². The van der Waals surface area contributed by atoms with Crippen molar-refractivity contribution in [2.24, 2.45) is 5.92 Å². The van der Waals surface area contributed by atoms with E-state index in [-0.39, 0.29) is 11.8 Å². The van der Waals surface area contributed by atoms with Crippen molar-refractivity contribution in [1.29, 1.82) is 0 Å². The van der Waals surface area contributed by atoms with Crippen LogP contribution in [0.5, 0.6) is 0 Å². The van der Waals surface area contributed by atoms with E-state index < -0.39 is 0 Å². The Balaban J connectivity index is 1.31. The summed E-state index contributed by atoms with van der Waals surface area (Å²) in [5.74, 6) is 1.98. The van der Waals surface area contributed by atoms with Crippen molar-refractivity contribution in [3.05, 3.63) is 68.7 Å². The lowest BCUT2D eigenvalue weighted by atomic mass is 9.95. The highest BCUT2D eigenvalue weighted by Gasteiger charge is 2.24. The number of nitrogens with zero attached hydrogens (tertiary/aromatic N) is 1. The Kier molecular flexibility index (Phi) is 9.01. The number of benzene rings is 2. The van der Waals surface area contributed by atoms with Crippen molar-refractivity contribution in [1.82, 2.24) is 10.2 Å². The lowest BCUT2D eigenvalue weighted by Crippen LogP contribution is -2.40. The fourth-order valence-electron chi connectivity index (χ4n) is 3.41. The highest BCUT2D eigenvalue weighted by molar-refractivity contribution is 7.98. The second-order valence-corrected chi connectivity index (χ2v) is 9.64. The molecule has 1 N–H and O–H groups in total. The third-order valence-electron chi connectivity index (χ3n) is 5.10. The molecule has 29 heavy (non-hydrogen) atoms. The van der Waals surface area contributed by atoms with Crippen LogP contribution in [0.3, 0.4) is 0 Å². The highest BCUT2D eigenvalue weighted by Crippen LogP contribution is 2.24. The number of piperidine rings is 1. The molecule has 3 nitrogen and oxygen atoms in total. The average Bonchev–Trinajstić information content (AvgIpc) is 2.71. The van der Waals surface area contributed by atoms with Crippen LogP contribution in [-0.2, 0) is 17.1 Å². The number of carbonyl (C=O) groups excluding carboxylic acids is 1. The Hall–Kier alpha value is -0.910. The Labute approximate surface area is 192 Å². The zero-order valence-corrected chi connectivity index (χ0v) is 19.3. The van der Waals surface area contributed by atoms with E-state index in [4.69, 9.17) is 34.8 Å². The van der Waals surface area contributed by atoms with E-state index in [2.05, 4.69) is 22.3 Å². The van der Waals surface area contributed by atoms with Gasteiger partial charge in [0.15, 0.2) is 0 Å². The first-order valence-electron chi connectivity index (χ1n) is 9.77.